The van der Waals surface area contributed by atoms with E-state index in [0.717, 1.165) is 17.5 Å². The largest absolute Gasteiger partial charge is 0.394 e. The predicted octanol–water partition coefficient (Wildman–Crippen LogP) is 1.92. The van der Waals surface area contributed by atoms with E-state index >= 15 is 0 Å². The SMILES string of the molecule is CNCC#Cc1cccc(CN2O[C@@H](CO)[C@@H]([C@H](C)O)[C@H]2C(=O)N[C@H]2C[C@H]3CC([C@@H]2C)C3(C)C)c1. The van der Waals surface area contributed by atoms with E-state index in [0.29, 0.717) is 36.3 Å². The van der Waals surface area contributed by atoms with Crippen LogP contribution in [0.25, 0.3) is 0 Å². The zero-order valence-corrected chi connectivity index (χ0v) is 21.6. The first-order chi connectivity index (χ1) is 16.7. The normalized spacial score (nSPS) is 34.4. The molecule has 1 unspecified atom stereocenters. The second-order valence-electron chi connectivity index (χ2n) is 11.3. The van der Waals surface area contributed by atoms with E-state index in [9.17, 15) is 15.0 Å². The number of fused-ring (bicyclic) bond motifs is 2. The summed E-state index contributed by atoms with van der Waals surface area (Å²) in [6.45, 7) is 9.31. The quantitative estimate of drug-likeness (QED) is 0.443. The number of nitrogens with one attached hydrogen (secondary N) is 2. The average molecular weight is 484 g/mol. The van der Waals surface area contributed by atoms with Gasteiger partial charge in [0.1, 0.15) is 12.1 Å². The third-order valence-electron chi connectivity index (χ3n) is 8.83. The summed E-state index contributed by atoms with van der Waals surface area (Å²) in [5.74, 6) is 7.20. The zero-order chi connectivity index (χ0) is 25.3. The maximum atomic E-state index is 13.7. The molecule has 5 rings (SSSR count). The Bertz CT molecular complexity index is 968. The number of aliphatic hydroxyl groups excluding tert-OH is 2. The molecule has 3 saturated carbocycles. The van der Waals surface area contributed by atoms with Crippen molar-refractivity contribution in [3.63, 3.8) is 0 Å². The Morgan fingerprint density at radius 2 is 2.11 bits per heavy atom. The van der Waals surface area contributed by atoms with Gasteiger partial charge in [-0.3, -0.25) is 9.63 Å². The fourth-order valence-corrected chi connectivity index (χ4v) is 6.65. The molecule has 4 N–H and O–H groups in total. The van der Waals surface area contributed by atoms with E-state index in [2.05, 4.69) is 43.2 Å². The highest BCUT2D eigenvalue weighted by molar-refractivity contribution is 5.82. The van der Waals surface area contributed by atoms with E-state index in [1.54, 1.807) is 12.0 Å². The molecule has 1 amide bonds. The number of benzene rings is 1. The monoisotopic (exact) mass is 483 g/mol. The Balaban J connectivity index is 1.52. The summed E-state index contributed by atoms with van der Waals surface area (Å²) in [5, 5.41) is 28.5. The summed E-state index contributed by atoms with van der Waals surface area (Å²) < 4.78 is 0. The number of carbonyl (C=O) groups excluding carboxylic acids is 1. The van der Waals surface area contributed by atoms with Crippen LogP contribution in [0.3, 0.4) is 0 Å². The molecular formula is C28H41N3O4. The molecular weight excluding hydrogens is 442 g/mol. The number of nitrogens with zero attached hydrogens (tertiary/aromatic N) is 1. The molecule has 4 fully saturated rings. The minimum absolute atomic E-state index is 0.120. The third kappa shape index (κ3) is 5.14. The van der Waals surface area contributed by atoms with Crippen molar-refractivity contribution < 1.29 is 19.8 Å². The number of rotatable bonds is 7. The van der Waals surface area contributed by atoms with Gasteiger partial charge in [0.15, 0.2) is 0 Å². The first kappa shape index (κ1) is 26.1. The third-order valence-corrected chi connectivity index (χ3v) is 8.83. The molecule has 1 heterocycles. The molecule has 2 bridgehead atoms. The predicted molar refractivity (Wildman–Crippen MR) is 135 cm³/mol. The number of hydroxylamine groups is 2. The van der Waals surface area contributed by atoms with Gasteiger partial charge >= 0.3 is 0 Å². The van der Waals surface area contributed by atoms with Gasteiger partial charge in [0, 0.05) is 17.5 Å². The maximum absolute atomic E-state index is 13.7. The van der Waals surface area contributed by atoms with Crippen LogP contribution in [0.5, 0.6) is 0 Å². The highest BCUT2D eigenvalue weighted by atomic mass is 16.7. The van der Waals surface area contributed by atoms with Crippen LogP contribution in [0.4, 0.5) is 0 Å². The number of hydrogen-bond donors (Lipinski definition) is 4. The molecule has 0 radical (unpaired) electrons. The Labute approximate surface area is 209 Å². The van der Waals surface area contributed by atoms with Crippen LogP contribution in [0.2, 0.25) is 0 Å². The summed E-state index contributed by atoms with van der Waals surface area (Å²) >= 11 is 0. The Morgan fingerprint density at radius 3 is 2.74 bits per heavy atom. The van der Waals surface area contributed by atoms with Gasteiger partial charge in [-0.2, -0.15) is 5.06 Å². The highest BCUT2D eigenvalue weighted by Gasteiger charge is 2.57. The van der Waals surface area contributed by atoms with Crippen molar-refractivity contribution in [2.45, 2.75) is 71.4 Å². The minimum atomic E-state index is -0.803. The lowest BCUT2D eigenvalue weighted by Gasteiger charge is -2.62. The van der Waals surface area contributed by atoms with Crippen LogP contribution < -0.4 is 10.6 Å². The number of hydrogen-bond acceptors (Lipinski definition) is 6. The van der Waals surface area contributed by atoms with Crippen LogP contribution in [0.15, 0.2) is 24.3 Å². The average Bonchev–Trinajstić information content (AvgIpc) is 3.19. The molecule has 0 spiro atoms. The van der Waals surface area contributed by atoms with Gasteiger partial charge in [0.2, 0.25) is 5.91 Å². The second-order valence-corrected chi connectivity index (χ2v) is 11.3. The van der Waals surface area contributed by atoms with E-state index in [4.69, 9.17) is 4.84 Å². The van der Waals surface area contributed by atoms with Crippen LogP contribution in [-0.2, 0) is 16.2 Å². The fraction of sp³-hybridized carbons (Fsp3) is 0.679. The van der Waals surface area contributed by atoms with E-state index < -0.39 is 24.2 Å². The molecule has 1 aromatic rings. The van der Waals surface area contributed by atoms with E-state index in [1.807, 2.05) is 31.3 Å². The van der Waals surface area contributed by atoms with Gasteiger partial charge in [-0.25, -0.2) is 0 Å². The molecule has 8 atom stereocenters. The van der Waals surface area contributed by atoms with Crippen molar-refractivity contribution in [1.29, 1.82) is 0 Å². The van der Waals surface area contributed by atoms with Crippen molar-refractivity contribution >= 4 is 5.91 Å². The highest BCUT2D eigenvalue weighted by Crippen LogP contribution is 2.61. The van der Waals surface area contributed by atoms with Crippen LogP contribution in [0, 0.1) is 40.9 Å². The molecule has 192 valence electrons. The Kier molecular flexibility index (Phi) is 7.89. The van der Waals surface area contributed by atoms with Gasteiger partial charge in [-0.05, 0) is 67.7 Å². The van der Waals surface area contributed by atoms with Crippen LogP contribution in [0.1, 0.15) is 51.7 Å². The first-order valence-electron chi connectivity index (χ1n) is 12.9. The van der Waals surface area contributed by atoms with E-state index in [1.165, 1.54) is 6.42 Å². The molecule has 35 heavy (non-hydrogen) atoms. The smallest absolute Gasteiger partial charge is 0.240 e. The summed E-state index contributed by atoms with van der Waals surface area (Å²) in [4.78, 5) is 19.8. The topological polar surface area (TPSA) is 94.1 Å². The lowest BCUT2D eigenvalue weighted by molar-refractivity contribution is -0.183. The van der Waals surface area contributed by atoms with Gasteiger partial charge in [0.05, 0.1) is 25.8 Å². The maximum Gasteiger partial charge on any atom is 0.240 e. The fourth-order valence-electron chi connectivity index (χ4n) is 6.65. The first-order valence-corrected chi connectivity index (χ1v) is 12.9. The molecule has 3 aliphatic carbocycles. The molecule has 1 saturated heterocycles. The molecule has 1 aromatic carbocycles. The zero-order valence-electron chi connectivity index (χ0n) is 21.6. The Morgan fingerprint density at radius 1 is 1.34 bits per heavy atom. The van der Waals surface area contributed by atoms with Crippen molar-refractivity contribution in [1.82, 2.24) is 15.7 Å². The van der Waals surface area contributed by atoms with Gasteiger partial charge in [0.25, 0.3) is 0 Å². The van der Waals surface area contributed by atoms with Crippen molar-refractivity contribution in [3.8, 4) is 11.8 Å². The summed E-state index contributed by atoms with van der Waals surface area (Å²) in [6, 6.07) is 7.29. The lowest BCUT2D eigenvalue weighted by Crippen LogP contribution is -2.62. The molecule has 1 aliphatic heterocycles. The second kappa shape index (κ2) is 10.6. The summed E-state index contributed by atoms with van der Waals surface area (Å²) in [5.41, 5.74) is 2.19. The van der Waals surface area contributed by atoms with Gasteiger partial charge in [-0.15, -0.1) is 0 Å². The number of carbonyl (C=O) groups is 1. The lowest BCUT2D eigenvalue weighted by atomic mass is 9.45. The van der Waals surface area contributed by atoms with Gasteiger partial charge in [-0.1, -0.05) is 44.7 Å². The Hall–Kier alpha value is -1.95. The van der Waals surface area contributed by atoms with Crippen molar-refractivity contribution in [2.75, 3.05) is 20.2 Å². The molecule has 0 aromatic heterocycles. The van der Waals surface area contributed by atoms with Gasteiger partial charge < -0.3 is 20.8 Å². The van der Waals surface area contributed by atoms with Crippen LogP contribution in [-0.4, -0.2) is 65.7 Å². The molecule has 4 aliphatic rings. The minimum Gasteiger partial charge on any atom is -0.394 e. The molecule has 7 nitrogen and oxygen atoms in total. The van der Waals surface area contributed by atoms with Crippen LogP contribution >= 0.6 is 0 Å². The summed E-state index contributed by atoms with van der Waals surface area (Å²) in [7, 11) is 1.86. The summed E-state index contributed by atoms with van der Waals surface area (Å²) in [6.07, 6.45) is 0.790. The van der Waals surface area contributed by atoms with E-state index in [-0.39, 0.29) is 18.6 Å². The molecule has 7 heteroatoms. The number of amides is 1. The number of aliphatic hydroxyl groups is 2. The standard InChI is InChI=1S/C28H41N3O4/c1-17-22-13-21(28(22,3)4)14-23(17)30-27(34)26-25(18(2)33)24(16-32)35-31(26)15-20-9-6-8-19(12-20)10-7-11-29-5/h6,8-9,12,17-18,21-26,29,32-33H,11,13-16H2,1-5H3,(H,30,34)/t17-,18-,21+,22?,23-,24-,25+,26-/m0/s1. The van der Waals surface area contributed by atoms with Crippen molar-refractivity contribution in [3.05, 3.63) is 35.4 Å². The van der Waals surface area contributed by atoms with Crippen molar-refractivity contribution in [2.24, 2.45) is 29.1 Å².